The van der Waals surface area contributed by atoms with E-state index in [9.17, 15) is 18.5 Å². The highest BCUT2D eigenvalue weighted by atomic mass is 32.2. The molecule has 0 saturated carbocycles. The van der Waals surface area contributed by atoms with Crippen molar-refractivity contribution in [3.05, 3.63) is 39.9 Å². The molecule has 0 aliphatic carbocycles. The molecule has 0 spiro atoms. The van der Waals surface area contributed by atoms with E-state index in [0.717, 1.165) is 0 Å². The lowest BCUT2D eigenvalue weighted by Crippen LogP contribution is -2.34. The van der Waals surface area contributed by atoms with Crippen LogP contribution in [0.4, 0.5) is 5.69 Å². The van der Waals surface area contributed by atoms with Gasteiger partial charge in [0.15, 0.2) is 0 Å². The third-order valence-corrected chi connectivity index (χ3v) is 3.89. The van der Waals surface area contributed by atoms with E-state index in [0.29, 0.717) is 12.1 Å². The summed E-state index contributed by atoms with van der Waals surface area (Å²) < 4.78 is 25.9. The number of nitrogens with one attached hydrogen (secondary N) is 2. The highest BCUT2D eigenvalue weighted by molar-refractivity contribution is 7.89. The van der Waals surface area contributed by atoms with Crippen LogP contribution < -0.4 is 10.0 Å². The number of benzene rings is 1. The predicted molar refractivity (Wildman–Crippen MR) is 76.9 cm³/mol. The molecule has 1 rings (SSSR count). The van der Waals surface area contributed by atoms with Crippen LogP contribution in [0.3, 0.4) is 0 Å². The van der Waals surface area contributed by atoms with Crippen molar-refractivity contribution < 1.29 is 13.3 Å². The molecule has 0 bridgehead atoms. The number of sulfonamides is 1. The van der Waals surface area contributed by atoms with Gasteiger partial charge in [-0.15, -0.1) is 0 Å². The third kappa shape index (κ3) is 6.09. The number of nitrogens with zero attached hydrogens (tertiary/aromatic N) is 1. The summed E-state index contributed by atoms with van der Waals surface area (Å²) >= 11 is 0. The average Bonchev–Trinajstić information content (AvgIpc) is 2.36. The minimum absolute atomic E-state index is 0.00182. The molecule has 0 amide bonds. The summed E-state index contributed by atoms with van der Waals surface area (Å²) in [6.07, 6.45) is 0. The zero-order chi connectivity index (χ0) is 15.2. The van der Waals surface area contributed by atoms with Crippen LogP contribution in [0.1, 0.15) is 19.4 Å². The lowest BCUT2D eigenvalue weighted by atomic mass is 10.2. The van der Waals surface area contributed by atoms with Crippen LogP contribution in [0.15, 0.2) is 24.3 Å². The Bertz CT molecular complexity index is 540. The second-order valence-electron chi connectivity index (χ2n) is 4.67. The zero-order valence-electron chi connectivity index (χ0n) is 11.5. The van der Waals surface area contributed by atoms with Crippen molar-refractivity contribution >= 4 is 15.7 Å². The third-order valence-electron chi connectivity index (χ3n) is 2.57. The van der Waals surface area contributed by atoms with Gasteiger partial charge in [0.2, 0.25) is 10.0 Å². The molecule has 0 saturated heterocycles. The fourth-order valence-corrected chi connectivity index (χ4v) is 2.40. The summed E-state index contributed by atoms with van der Waals surface area (Å²) in [6.45, 7) is 4.39. The Labute approximate surface area is 118 Å². The summed E-state index contributed by atoms with van der Waals surface area (Å²) in [5, 5.41) is 13.5. The van der Waals surface area contributed by atoms with Gasteiger partial charge in [-0.1, -0.05) is 26.0 Å². The summed E-state index contributed by atoms with van der Waals surface area (Å²) in [7, 11) is -3.35. The molecule has 8 heteroatoms. The van der Waals surface area contributed by atoms with Crippen LogP contribution in [-0.4, -0.2) is 31.7 Å². The topological polar surface area (TPSA) is 101 Å². The fourth-order valence-electron chi connectivity index (χ4n) is 1.48. The number of non-ortho nitro benzene ring substituents is 1. The second kappa shape index (κ2) is 7.32. The Kier molecular flexibility index (Phi) is 6.05. The van der Waals surface area contributed by atoms with E-state index in [4.69, 9.17) is 0 Å². The number of rotatable bonds is 8. The Morgan fingerprint density at radius 1 is 1.25 bits per heavy atom. The largest absolute Gasteiger partial charge is 0.313 e. The second-order valence-corrected chi connectivity index (χ2v) is 6.60. The Balaban J connectivity index is 2.47. The van der Waals surface area contributed by atoms with Crippen LogP contribution in [0.2, 0.25) is 0 Å². The van der Waals surface area contributed by atoms with Crippen molar-refractivity contribution in [2.75, 3.05) is 12.3 Å². The molecule has 0 aromatic heterocycles. The highest BCUT2D eigenvalue weighted by Crippen LogP contribution is 2.11. The first-order valence-electron chi connectivity index (χ1n) is 6.24. The van der Waals surface area contributed by atoms with E-state index < -0.39 is 14.9 Å². The molecule has 7 nitrogen and oxygen atoms in total. The Morgan fingerprint density at radius 3 is 2.35 bits per heavy atom. The van der Waals surface area contributed by atoms with E-state index >= 15 is 0 Å². The molecule has 0 unspecified atom stereocenters. The van der Waals surface area contributed by atoms with Gasteiger partial charge in [0.05, 0.1) is 10.7 Å². The average molecular weight is 301 g/mol. The van der Waals surface area contributed by atoms with Crippen LogP contribution in [0.25, 0.3) is 0 Å². The van der Waals surface area contributed by atoms with E-state index in [-0.39, 0.29) is 24.0 Å². The van der Waals surface area contributed by atoms with Crippen molar-refractivity contribution in [1.82, 2.24) is 10.0 Å². The van der Waals surface area contributed by atoms with Gasteiger partial charge in [-0.25, -0.2) is 13.1 Å². The zero-order valence-corrected chi connectivity index (χ0v) is 12.3. The minimum Gasteiger partial charge on any atom is -0.313 e. The van der Waals surface area contributed by atoms with Crippen LogP contribution >= 0.6 is 0 Å². The van der Waals surface area contributed by atoms with Crippen LogP contribution in [-0.2, 0) is 16.6 Å². The quantitative estimate of drug-likeness (QED) is 0.551. The lowest BCUT2D eigenvalue weighted by Gasteiger charge is -2.09. The first-order chi connectivity index (χ1) is 9.30. The van der Waals surface area contributed by atoms with Gasteiger partial charge < -0.3 is 5.32 Å². The number of hydrogen-bond donors (Lipinski definition) is 2. The summed E-state index contributed by atoms with van der Waals surface area (Å²) in [5.41, 5.74) is 0.661. The van der Waals surface area contributed by atoms with E-state index in [1.165, 1.54) is 24.3 Å². The molecule has 1 aromatic carbocycles. The Hall–Kier alpha value is -1.51. The van der Waals surface area contributed by atoms with Crippen molar-refractivity contribution in [3.8, 4) is 0 Å². The highest BCUT2D eigenvalue weighted by Gasteiger charge is 2.10. The normalized spacial score (nSPS) is 11.8. The van der Waals surface area contributed by atoms with Crippen LogP contribution in [0, 0.1) is 10.1 Å². The van der Waals surface area contributed by atoms with E-state index in [1.807, 2.05) is 13.8 Å². The monoisotopic (exact) mass is 301 g/mol. The molecule has 0 aliphatic heterocycles. The number of hydrogen-bond acceptors (Lipinski definition) is 5. The summed E-state index contributed by atoms with van der Waals surface area (Å²) in [5.74, 6) is -0.00182. The van der Waals surface area contributed by atoms with Crippen LogP contribution in [0.5, 0.6) is 0 Å². The van der Waals surface area contributed by atoms with Gasteiger partial charge >= 0.3 is 0 Å². The molecule has 0 radical (unpaired) electrons. The van der Waals surface area contributed by atoms with Gasteiger partial charge in [0.25, 0.3) is 5.69 Å². The van der Waals surface area contributed by atoms with Crippen molar-refractivity contribution in [1.29, 1.82) is 0 Å². The smallest absolute Gasteiger partial charge is 0.269 e. The Morgan fingerprint density at radius 2 is 1.85 bits per heavy atom. The van der Waals surface area contributed by atoms with E-state index in [2.05, 4.69) is 10.0 Å². The van der Waals surface area contributed by atoms with Crippen molar-refractivity contribution in [2.24, 2.45) is 0 Å². The molecule has 0 fully saturated rings. The first kappa shape index (κ1) is 16.5. The van der Waals surface area contributed by atoms with Crippen molar-refractivity contribution in [3.63, 3.8) is 0 Å². The van der Waals surface area contributed by atoms with Crippen molar-refractivity contribution in [2.45, 2.75) is 26.4 Å². The van der Waals surface area contributed by atoms with Gasteiger partial charge in [0.1, 0.15) is 0 Å². The van der Waals surface area contributed by atoms with E-state index in [1.54, 1.807) is 0 Å². The molecule has 1 aromatic rings. The molecule has 0 aliphatic rings. The molecular weight excluding hydrogens is 282 g/mol. The standard InChI is InChI=1S/C12H19N3O4S/c1-10(2)13-7-8-20(18,19)14-9-11-3-5-12(6-4-11)15(16)17/h3-6,10,13-14H,7-9H2,1-2H3. The molecule has 112 valence electrons. The van der Waals surface area contributed by atoms with Gasteiger partial charge in [-0.2, -0.15) is 0 Å². The van der Waals surface area contributed by atoms with Gasteiger partial charge in [0, 0.05) is 31.3 Å². The first-order valence-corrected chi connectivity index (χ1v) is 7.89. The molecule has 20 heavy (non-hydrogen) atoms. The fraction of sp³-hybridized carbons (Fsp3) is 0.500. The maximum atomic E-state index is 11.7. The lowest BCUT2D eigenvalue weighted by molar-refractivity contribution is -0.384. The molecule has 0 heterocycles. The predicted octanol–water partition coefficient (Wildman–Crippen LogP) is 1.01. The maximum Gasteiger partial charge on any atom is 0.269 e. The summed E-state index contributed by atoms with van der Waals surface area (Å²) in [6, 6.07) is 6.01. The number of nitro benzene ring substituents is 1. The van der Waals surface area contributed by atoms with Gasteiger partial charge in [-0.3, -0.25) is 10.1 Å². The molecular formula is C12H19N3O4S. The number of nitro groups is 1. The maximum absolute atomic E-state index is 11.7. The van der Waals surface area contributed by atoms with Gasteiger partial charge in [-0.05, 0) is 5.56 Å². The molecule has 0 atom stereocenters. The molecule has 2 N–H and O–H groups in total. The SMILES string of the molecule is CC(C)NCCS(=O)(=O)NCc1ccc([N+](=O)[O-])cc1. The minimum atomic E-state index is -3.35. The summed E-state index contributed by atoms with van der Waals surface area (Å²) in [4.78, 5) is 10.00.